The topological polar surface area (TPSA) is 23.5 Å². The lowest BCUT2D eigenvalue weighted by Crippen LogP contribution is -2.46. The molecule has 0 amide bonds. The fourth-order valence-electron chi connectivity index (χ4n) is 3.97. The average Bonchev–Trinajstić information content (AvgIpc) is 2.63. The number of fused-ring (bicyclic) bond motifs is 3. The summed E-state index contributed by atoms with van der Waals surface area (Å²) in [6, 6.07) is 16.4. The summed E-state index contributed by atoms with van der Waals surface area (Å²) in [4.78, 5) is 2.61. The maximum atomic E-state index is 9.31. The second kappa shape index (κ2) is 7.42. The molecule has 2 bridgehead atoms. The highest BCUT2D eigenvalue weighted by molar-refractivity contribution is 5.85. The molecule has 3 heteroatoms. The van der Waals surface area contributed by atoms with Crippen LogP contribution >= 0.6 is 12.4 Å². The van der Waals surface area contributed by atoms with E-state index in [1.165, 1.54) is 43.6 Å². The van der Waals surface area contributed by atoms with Crippen LogP contribution in [0, 0.1) is 5.92 Å². The van der Waals surface area contributed by atoms with Gasteiger partial charge < -0.3 is 10.0 Å². The molecule has 1 atom stereocenters. The molecule has 0 spiro atoms. The highest BCUT2D eigenvalue weighted by atomic mass is 35.5. The van der Waals surface area contributed by atoms with Gasteiger partial charge in [0.1, 0.15) is 5.75 Å². The Morgan fingerprint density at radius 2 is 1.38 bits per heavy atom. The molecule has 3 heterocycles. The van der Waals surface area contributed by atoms with Crippen LogP contribution in [0.25, 0.3) is 12.2 Å². The van der Waals surface area contributed by atoms with E-state index < -0.39 is 0 Å². The SMILES string of the molecule is Cl.Oc1ccc(C=Cc2ccc(C3CN4CCC3CC4)cc2)cc1. The third-order valence-electron chi connectivity index (χ3n) is 5.38. The zero-order valence-electron chi connectivity index (χ0n) is 13.8. The summed E-state index contributed by atoms with van der Waals surface area (Å²) < 4.78 is 0. The molecule has 2 aromatic rings. The Bertz CT molecular complexity index is 685. The number of hydrogen-bond donors (Lipinski definition) is 1. The number of piperidine rings is 3. The maximum absolute atomic E-state index is 9.31. The Kier molecular flexibility index (Phi) is 5.27. The van der Waals surface area contributed by atoms with Gasteiger partial charge in [0, 0.05) is 6.54 Å². The van der Waals surface area contributed by atoms with E-state index in [9.17, 15) is 5.11 Å². The van der Waals surface area contributed by atoms with E-state index >= 15 is 0 Å². The predicted octanol–water partition coefficient (Wildman–Crippen LogP) is 4.79. The summed E-state index contributed by atoms with van der Waals surface area (Å²) in [5, 5.41) is 9.31. The van der Waals surface area contributed by atoms with Gasteiger partial charge in [-0.05, 0) is 66.6 Å². The summed E-state index contributed by atoms with van der Waals surface area (Å²) in [5.41, 5.74) is 3.83. The van der Waals surface area contributed by atoms with Crippen LogP contribution in [0.3, 0.4) is 0 Å². The lowest BCUT2D eigenvalue weighted by molar-refractivity contribution is 0.0871. The van der Waals surface area contributed by atoms with Crippen molar-refractivity contribution < 1.29 is 5.11 Å². The Hall–Kier alpha value is -1.77. The number of nitrogens with zero attached hydrogens (tertiary/aromatic N) is 1. The van der Waals surface area contributed by atoms with Crippen LogP contribution in [-0.2, 0) is 0 Å². The van der Waals surface area contributed by atoms with Crippen molar-refractivity contribution in [2.24, 2.45) is 5.92 Å². The molecule has 5 rings (SSSR count). The second-order valence-corrected chi connectivity index (χ2v) is 6.84. The molecule has 0 aliphatic carbocycles. The van der Waals surface area contributed by atoms with Gasteiger partial charge in [0.25, 0.3) is 0 Å². The average molecular weight is 342 g/mol. The molecular weight excluding hydrogens is 318 g/mol. The van der Waals surface area contributed by atoms with Gasteiger partial charge in [0.15, 0.2) is 0 Å². The van der Waals surface area contributed by atoms with Crippen molar-refractivity contribution in [3.05, 3.63) is 65.2 Å². The molecule has 1 unspecified atom stereocenters. The summed E-state index contributed by atoms with van der Waals surface area (Å²) in [7, 11) is 0. The normalized spacial score (nSPS) is 25.6. The molecule has 3 aliphatic rings. The van der Waals surface area contributed by atoms with E-state index in [1.54, 1.807) is 12.1 Å². The van der Waals surface area contributed by atoms with Gasteiger partial charge >= 0.3 is 0 Å². The fourth-order valence-corrected chi connectivity index (χ4v) is 3.97. The van der Waals surface area contributed by atoms with Gasteiger partial charge in [0.05, 0.1) is 0 Å². The second-order valence-electron chi connectivity index (χ2n) is 6.84. The monoisotopic (exact) mass is 341 g/mol. The molecule has 1 N–H and O–H groups in total. The van der Waals surface area contributed by atoms with E-state index in [0.29, 0.717) is 5.75 Å². The van der Waals surface area contributed by atoms with Crippen LogP contribution in [0.15, 0.2) is 48.5 Å². The van der Waals surface area contributed by atoms with Crippen molar-refractivity contribution in [1.82, 2.24) is 4.90 Å². The number of phenolic OH excluding ortho intramolecular Hbond substituents is 1. The third kappa shape index (κ3) is 3.66. The van der Waals surface area contributed by atoms with E-state index in [1.807, 2.05) is 12.1 Å². The molecule has 0 saturated carbocycles. The van der Waals surface area contributed by atoms with Crippen molar-refractivity contribution in [3.8, 4) is 5.75 Å². The molecule has 2 aromatic carbocycles. The molecule has 2 nitrogen and oxygen atoms in total. The van der Waals surface area contributed by atoms with Gasteiger partial charge in [-0.3, -0.25) is 0 Å². The summed E-state index contributed by atoms with van der Waals surface area (Å²) in [5.74, 6) is 1.93. The minimum atomic E-state index is 0. The van der Waals surface area contributed by atoms with Crippen LogP contribution in [0.4, 0.5) is 0 Å². The highest BCUT2D eigenvalue weighted by Gasteiger charge is 2.34. The van der Waals surface area contributed by atoms with Crippen LogP contribution in [-0.4, -0.2) is 29.6 Å². The summed E-state index contributed by atoms with van der Waals surface area (Å²) in [6.07, 6.45) is 6.95. The zero-order chi connectivity index (χ0) is 15.6. The highest BCUT2D eigenvalue weighted by Crippen LogP contribution is 2.38. The van der Waals surface area contributed by atoms with Crippen molar-refractivity contribution in [2.75, 3.05) is 19.6 Å². The van der Waals surface area contributed by atoms with Crippen LogP contribution in [0.1, 0.15) is 35.4 Å². The number of aromatic hydroxyl groups is 1. The minimum absolute atomic E-state index is 0. The number of phenols is 1. The van der Waals surface area contributed by atoms with Crippen LogP contribution in [0.2, 0.25) is 0 Å². The third-order valence-corrected chi connectivity index (χ3v) is 5.38. The van der Waals surface area contributed by atoms with E-state index in [2.05, 4.69) is 41.3 Å². The van der Waals surface area contributed by atoms with Crippen molar-refractivity contribution in [1.29, 1.82) is 0 Å². The van der Waals surface area contributed by atoms with E-state index in [0.717, 1.165) is 17.4 Å². The largest absolute Gasteiger partial charge is 0.508 e. The fraction of sp³-hybridized carbons (Fsp3) is 0.333. The first kappa shape index (κ1) is 17.1. The quantitative estimate of drug-likeness (QED) is 0.811. The first-order valence-electron chi connectivity index (χ1n) is 8.57. The Morgan fingerprint density at radius 1 is 0.833 bits per heavy atom. The Morgan fingerprint density at radius 3 is 1.88 bits per heavy atom. The predicted molar refractivity (Wildman–Crippen MR) is 103 cm³/mol. The van der Waals surface area contributed by atoms with Gasteiger partial charge in [-0.15, -0.1) is 12.4 Å². The van der Waals surface area contributed by atoms with Gasteiger partial charge in [0.2, 0.25) is 0 Å². The number of halogens is 1. The number of hydrogen-bond acceptors (Lipinski definition) is 2. The smallest absolute Gasteiger partial charge is 0.115 e. The van der Waals surface area contributed by atoms with Crippen molar-refractivity contribution in [3.63, 3.8) is 0 Å². The standard InChI is InChI=1S/C21H23NO.ClH/c23-20-9-5-17(6-10-20)2-1-16-3-7-18(8-4-16)21-15-22-13-11-19(21)12-14-22;/h1-10,19,21,23H,11-15H2;1H. The molecule has 3 aliphatic heterocycles. The van der Waals surface area contributed by atoms with Crippen molar-refractivity contribution in [2.45, 2.75) is 18.8 Å². The van der Waals surface area contributed by atoms with Gasteiger partial charge in [-0.25, -0.2) is 0 Å². The van der Waals surface area contributed by atoms with Crippen molar-refractivity contribution >= 4 is 24.6 Å². The molecule has 3 fully saturated rings. The first-order chi connectivity index (χ1) is 11.3. The lowest BCUT2D eigenvalue weighted by atomic mass is 9.75. The minimum Gasteiger partial charge on any atom is -0.508 e. The molecule has 0 radical (unpaired) electrons. The molecular formula is C21H24ClNO. The summed E-state index contributed by atoms with van der Waals surface area (Å²) >= 11 is 0. The molecule has 24 heavy (non-hydrogen) atoms. The van der Waals surface area contributed by atoms with Gasteiger partial charge in [-0.2, -0.15) is 0 Å². The van der Waals surface area contributed by atoms with E-state index in [4.69, 9.17) is 0 Å². The number of benzene rings is 2. The zero-order valence-corrected chi connectivity index (χ0v) is 14.6. The lowest BCUT2D eigenvalue weighted by Gasteiger charge is -2.45. The summed E-state index contributed by atoms with van der Waals surface area (Å²) in [6.45, 7) is 3.84. The Labute approximate surface area is 150 Å². The Balaban J connectivity index is 0.00000169. The van der Waals surface area contributed by atoms with Crippen LogP contribution < -0.4 is 0 Å². The van der Waals surface area contributed by atoms with E-state index in [-0.39, 0.29) is 12.4 Å². The molecule has 126 valence electrons. The number of rotatable bonds is 3. The first-order valence-corrected chi connectivity index (χ1v) is 8.57. The molecule has 3 saturated heterocycles. The maximum Gasteiger partial charge on any atom is 0.115 e. The van der Waals surface area contributed by atoms with Gasteiger partial charge in [-0.1, -0.05) is 48.6 Å². The van der Waals surface area contributed by atoms with Crippen LogP contribution in [0.5, 0.6) is 5.75 Å². The molecule has 0 aromatic heterocycles.